The summed E-state index contributed by atoms with van der Waals surface area (Å²) in [6.45, 7) is 1.96. The van der Waals surface area contributed by atoms with Crippen molar-refractivity contribution in [3.8, 4) is 11.3 Å². The van der Waals surface area contributed by atoms with Gasteiger partial charge in [-0.3, -0.25) is 0 Å². The van der Waals surface area contributed by atoms with Gasteiger partial charge in [-0.15, -0.1) is 0 Å². The fraction of sp³-hybridized carbons (Fsp3) is 0.0833. The van der Waals surface area contributed by atoms with Gasteiger partial charge in [-0.05, 0) is 19.1 Å². The number of hydrogen-bond donors (Lipinski definition) is 2. The Morgan fingerprint density at radius 2 is 2.24 bits per heavy atom. The number of rotatable bonds is 1. The molecule has 0 saturated carbocycles. The van der Waals surface area contributed by atoms with Gasteiger partial charge in [0, 0.05) is 21.6 Å². The van der Waals surface area contributed by atoms with Crippen LogP contribution < -0.4 is 5.73 Å². The van der Waals surface area contributed by atoms with E-state index in [0.29, 0.717) is 16.5 Å². The minimum atomic E-state index is 0.531. The second kappa shape index (κ2) is 3.53. The number of anilines is 1. The zero-order valence-electron chi connectivity index (χ0n) is 9.12. The van der Waals surface area contributed by atoms with Crippen LogP contribution in [0, 0.1) is 6.92 Å². The molecule has 0 bridgehead atoms. The van der Waals surface area contributed by atoms with E-state index in [-0.39, 0.29) is 0 Å². The maximum Gasteiger partial charge on any atom is 0.192 e. The van der Waals surface area contributed by atoms with Crippen LogP contribution >= 0.6 is 11.6 Å². The van der Waals surface area contributed by atoms with Gasteiger partial charge in [-0.1, -0.05) is 22.8 Å². The number of benzene rings is 1. The fourth-order valence-electron chi connectivity index (χ4n) is 2.03. The van der Waals surface area contributed by atoms with Gasteiger partial charge in [0.1, 0.15) is 5.69 Å². The molecule has 3 rings (SSSR count). The van der Waals surface area contributed by atoms with E-state index in [1.54, 1.807) is 0 Å². The first-order chi connectivity index (χ1) is 8.16. The number of halogens is 1. The van der Waals surface area contributed by atoms with E-state index in [9.17, 15) is 0 Å². The third kappa shape index (κ3) is 1.49. The molecule has 17 heavy (non-hydrogen) atoms. The standard InChI is InChI=1S/C12H10ClN3O/c1-6-11(12-9(14)5-15-17-12)8-3-2-7(13)4-10(8)16-6/h2-5,16H,14H2,1H3. The topological polar surface area (TPSA) is 67.8 Å². The number of aromatic nitrogens is 2. The van der Waals surface area contributed by atoms with Gasteiger partial charge < -0.3 is 15.2 Å². The van der Waals surface area contributed by atoms with Crippen molar-refractivity contribution < 1.29 is 4.52 Å². The molecule has 0 radical (unpaired) electrons. The monoisotopic (exact) mass is 247 g/mol. The fourth-order valence-corrected chi connectivity index (χ4v) is 2.21. The average Bonchev–Trinajstić information content (AvgIpc) is 2.80. The van der Waals surface area contributed by atoms with Crippen LogP contribution in [0.15, 0.2) is 28.9 Å². The smallest absolute Gasteiger partial charge is 0.192 e. The van der Waals surface area contributed by atoms with Crippen LogP contribution in [0.1, 0.15) is 5.69 Å². The highest BCUT2D eigenvalue weighted by Crippen LogP contribution is 2.35. The molecule has 0 atom stereocenters. The molecule has 3 aromatic rings. The zero-order chi connectivity index (χ0) is 12.0. The Kier molecular flexibility index (Phi) is 2.12. The van der Waals surface area contributed by atoms with E-state index >= 15 is 0 Å². The van der Waals surface area contributed by atoms with E-state index in [4.69, 9.17) is 21.9 Å². The van der Waals surface area contributed by atoms with Crippen molar-refractivity contribution in [2.45, 2.75) is 6.92 Å². The predicted octanol–water partition coefficient (Wildman–Crippen LogP) is 3.37. The molecule has 86 valence electrons. The molecule has 4 nitrogen and oxygen atoms in total. The quantitative estimate of drug-likeness (QED) is 0.693. The van der Waals surface area contributed by atoms with Gasteiger partial charge in [0.05, 0.1) is 11.8 Å². The summed E-state index contributed by atoms with van der Waals surface area (Å²) in [5.41, 5.74) is 9.23. The van der Waals surface area contributed by atoms with Gasteiger partial charge >= 0.3 is 0 Å². The summed E-state index contributed by atoms with van der Waals surface area (Å²) in [5.74, 6) is 0.594. The lowest BCUT2D eigenvalue weighted by atomic mass is 10.1. The Morgan fingerprint density at radius 1 is 1.41 bits per heavy atom. The van der Waals surface area contributed by atoms with Gasteiger partial charge in [0.25, 0.3) is 0 Å². The molecular formula is C12H10ClN3O. The van der Waals surface area contributed by atoms with Crippen molar-refractivity contribution in [3.63, 3.8) is 0 Å². The number of nitrogens with zero attached hydrogens (tertiary/aromatic N) is 1. The first-order valence-electron chi connectivity index (χ1n) is 5.15. The Bertz CT molecular complexity index is 699. The summed E-state index contributed by atoms with van der Waals surface area (Å²) < 4.78 is 5.20. The molecule has 2 heterocycles. The van der Waals surface area contributed by atoms with Gasteiger partial charge in [-0.25, -0.2) is 0 Å². The van der Waals surface area contributed by atoms with Crippen LogP contribution in [0.2, 0.25) is 5.02 Å². The van der Waals surface area contributed by atoms with Crippen molar-refractivity contribution in [1.82, 2.24) is 10.1 Å². The summed E-state index contributed by atoms with van der Waals surface area (Å²) >= 11 is 5.96. The minimum Gasteiger partial charge on any atom is -0.394 e. The van der Waals surface area contributed by atoms with Crippen LogP contribution in [-0.4, -0.2) is 10.1 Å². The van der Waals surface area contributed by atoms with Crippen molar-refractivity contribution in [3.05, 3.63) is 35.1 Å². The minimum absolute atomic E-state index is 0.531. The molecule has 0 aliphatic rings. The van der Waals surface area contributed by atoms with E-state index in [1.807, 2.05) is 25.1 Å². The summed E-state index contributed by atoms with van der Waals surface area (Å²) in [6.07, 6.45) is 1.50. The van der Waals surface area contributed by atoms with E-state index in [2.05, 4.69) is 10.1 Å². The Balaban J connectivity index is 2.37. The summed E-state index contributed by atoms with van der Waals surface area (Å²) in [4.78, 5) is 3.26. The number of hydrogen-bond acceptors (Lipinski definition) is 3. The lowest BCUT2D eigenvalue weighted by Crippen LogP contribution is -1.85. The number of nitrogens with one attached hydrogen (secondary N) is 1. The zero-order valence-corrected chi connectivity index (χ0v) is 9.88. The molecule has 0 aliphatic heterocycles. The first-order valence-corrected chi connectivity index (χ1v) is 5.53. The molecule has 0 amide bonds. The van der Waals surface area contributed by atoms with Gasteiger partial charge in [0.2, 0.25) is 0 Å². The summed E-state index contributed by atoms with van der Waals surface area (Å²) in [7, 11) is 0. The molecule has 3 N–H and O–H groups in total. The van der Waals surface area contributed by atoms with Crippen LogP contribution in [0.4, 0.5) is 5.69 Å². The van der Waals surface area contributed by atoms with Crippen molar-refractivity contribution in [1.29, 1.82) is 0 Å². The Morgan fingerprint density at radius 3 is 2.94 bits per heavy atom. The molecule has 1 aromatic carbocycles. The second-order valence-corrected chi connectivity index (χ2v) is 4.36. The molecular weight excluding hydrogens is 238 g/mol. The third-order valence-corrected chi connectivity index (χ3v) is 3.01. The van der Waals surface area contributed by atoms with Crippen LogP contribution in [0.5, 0.6) is 0 Å². The van der Waals surface area contributed by atoms with E-state index in [1.165, 1.54) is 6.20 Å². The summed E-state index contributed by atoms with van der Waals surface area (Å²) in [6, 6.07) is 5.66. The molecule has 0 unspecified atom stereocenters. The highest BCUT2D eigenvalue weighted by Gasteiger charge is 2.16. The van der Waals surface area contributed by atoms with Crippen molar-refractivity contribution >= 4 is 28.2 Å². The Labute approximate surface area is 102 Å². The number of H-pyrrole nitrogens is 1. The maximum atomic E-state index is 5.96. The van der Waals surface area contributed by atoms with Crippen molar-refractivity contribution in [2.24, 2.45) is 0 Å². The molecule has 0 aliphatic carbocycles. The number of nitrogen functional groups attached to an aromatic ring is 1. The van der Waals surface area contributed by atoms with E-state index in [0.717, 1.165) is 22.2 Å². The number of nitrogens with two attached hydrogens (primary N) is 1. The molecule has 0 fully saturated rings. The summed E-state index contributed by atoms with van der Waals surface area (Å²) in [5, 5.41) is 5.42. The van der Waals surface area contributed by atoms with Gasteiger partial charge in [-0.2, -0.15) is 0 Å². The van der Waals surface area contributed by atoms with E-state index < -0.39 is 0 Å². The molecule has 0 spiro atoms. The van der Waals surface area contributed by atoms with Crippen LogP contribution in [0.25, 0.3) is 22.2 Å². The predicted molar refractivity (Wildman–Crippen MR) is 68.0 cm³/mol. The highest BCUT2D eigenvalue weighted by molar-refractivity contribution is 6.31. The normalized spacial score (nSPS) is 11.2. The average molecular weight is 248 g/mol. The molecule has 5 heteroatoms. The van der Waals surface area contributed by atoms with Crippen LogP contribution in [-0.2, 0) is 0 Å². The lowest BCUT2D eigenvalue weighted by molar-refractivity contribution is 0.432. The molecule has 2 aromatic heterocycles. The number of aromatic amines is 1. The first kappa shape index (κ1) is 10.2. The largest absolute Gasteiger partial charge is 0.394 e. The van der Waals surface area contributed by atoms with Gasteiger partial charge in [0.15, 0.2) is 5.76 Å². The Hall–Kier alpha value is -1.94. The number of fused-ring (bicyclic) bond motifs is 1. The van der Waals surface area contributed by atoms with Crippen molar-refractivity contribution in [2.75, 3.05) is 5.73 Å². The number of aryl methyl sites for hydroxylation is 1. The maximum absolute atomic E-state index is 5.96. The highest BCUT2D eigenvalue weighted by atomic mass is 35.5. The van der Waals surface area contributed by atoms with Crippen LogP contribution in [0.3, 0.4) is 0 Å². The second-order valence-electron chi connectivity index (χ2n) is 3.93. The molecule has 0 saturated heterocycles. The lowest BCUT2D eigenvalue weighted by Gasteiger charge is -1.97. The third-order valence-electron chi connectivity index (χ3n) is 2.77. The SMILES string of the molecule is Cc1[nH]c2cc(Cl)ccc2c1-c1oncc1N.